The first kappa shape index (κ1) is 15.2. The molecular formula is C14H22N6O. The monoisotopic (exact) mass is 290 g/mol. The van der Waals surface area contributed by atoms with Crippen molar-refractivity contribution in [3.63, 3.8) is 0 Å². The van der Waals surface area contributed by atoms with E-state index in [9.17, 15) is 4.79 Å². The zero-order valence-electron chi connectivity index (χ0n) is 12.7. The second-order valence-corrected chi connectivity index (χ2v) is 5.67. The van der Waals surface area contributed by atoms with Gasteiger partial charge in [-0.15, -0.1) is 0 Å². The molecule has 2 aromatic rings. The van der Waals surface area contributed by atoms with Gasteiger partial charge < -0.3 is 9.88 Å². The molecule has 1 atom stereocenters. The van der Waals surface area contributed by atoms with Crippen LogP contribution in [-0.2, 0) is 24.4 Å². The Labute approximate surface area is 124 Å². The Morgan fingerprint density at radius 2 is 2.05 bits per heavy atom. The van der Waals surface area contributed by atoms with Crippen LogP contribution in [0.1, 0.15) is 26.5 Å². The zero-order valence-corrected chi connectivity index (χ0v) is 12.7. The summed E-state index contributed by atoms with van der Waals surface area (Å²) in [6.07, 6.45) is 6.68. The number of hydrogen-bond acceptors (Lipinski definition) is 4. The highest BCUT2D eigenvalue weighted by atomic mass is 16.1. The van der Waals surface area contributed by atoms with Gasteiger partial charge in [-0.05, 0) is 5.92 Å². The molecule has 1 unspecified atom stereocenters. The van der Waals surface area contributed by atoms with Crippen molar-refractivity contribution in [2.45, 2.75) is 40.4 Å². The summed E-state index contributed by atoms with van der Waals surface area (Å²) < 4.78 is 3.74. The standard InChI is InChI=1S/C14H22N6O/c1-11(2)6-19-9-15-4-13(19)5-17-14(21)12(3)7-20-10-16-8-18-20/h4,8-12H,5-7H2,1-3H3,(H,17,21). The fraction of sp³-hybridized carbons (Fsp3) is 0.571. The summed E-state index contributed by atoms with van der Waals surface area (Å²) in [5, 5.41) is 6.96. The van der Waals surface area contributed by atoms with Crippen LogP contribution < -0.4 is 5.32 Å². The second-order valence-electron chi connectivity index (χ2n) is 5.67. The number of imidazole rings is 1. The van der Waals surface area contributed by atoms with Gasteiger partial charge in [0.25, 0.3) is 0 Å². The van der Waals surface area contributed by atoms with Crippen LogP contribution >= 0.6 is 0 Å². The molecule has 0 saturated carbocycles. The average molecular weight is 290 g/mol. The largest absolute Gasteiger partial charge is 0.350 e. The Balaban J connectivity index is 1.84. The molecule has 21 heavy (non-hydrogen) atoms. The van der Waals surface area contributed by atoms with Crippen LogP contribution in [0.5, 0.6) is 0 Å². The molecule has 0 aliphatic rings. The lowest BCUT2D eigenvalue weighted by Crippen LogP contribution is -2.32. The molecule has 2 heterocycles. The summed E-state index contributed by atoms with van der Waals surface area (Å²) in [7, 11) is 0. The van der Waals surface area contributed by atoms with Crippen molar-refractivity contribution < 1.29 is 4.79 Å². The van der Waals surface area contributed by atoms with E-state index in [1.54, 1.807) is 23.5 Å². The van der Waals surface area contributed by atoms with Gasteiger partial charge in [-0.3, -0.25) is 9.48 Å². The van der Waals surface area contributed by atoms with E-state index in [1.165, 1.54) is 6.33 Å². The summed E-state index contributed by atoms with van der Waals surface area (Å²) in [4.78, 5) is 20.1. The van der Waals surface area contributed by atoms with Gasteiger partial charge in [0.05, 0.1) is 31.0 Å². The molecule has 0 aliphatic heterocycles. The van der Waals surface area contributed by atoms with Gasteiger partial charge in [-0.1, -0.05) is 20.8 Å². The minimum atomic E-state index is -0.159. The van der Waals surface area contributed by atoms with Crippen molar-refractivity contribution in [2.75, 3.05) is 0 Å². The summed E-state index contributed by atoms with van der Waals surface area (Å²) in [5.41, 5.74) is 1.02. The smallest absolute Gasteiger partial charge is 0.225 e. The molecule has 0 bridgehead atoms. The van der Waals surface area contributed by atoms with Gasteiger partial charge in [0.1, 0.15) is 12.7 Å². The van der Waals surface area contributed by atoms with E-state index in [0.717, 1.165) is 12.2 Å². The number of hydrogen-bond donors (Lipinski definition) is 1. The third kappa shape index (κ3) is 4.40. The molecule has 7 heteroatoms. The molecule has 1 N–H and O–H groups in total. The van der Waals surface area contributed by atoms with E-state index < -0.39 is 0 Å². The highest BCUT2D eigenvalue weighted by Gasteiger charge is 2.14. The Bertz CT molecular complexity index is 560. The van der Waals surface area contributed by atoms with Gasteiger partial charge in [-0.2, -0.15) is 5.10 Å². The summed E-state index contributed by atoms with van der Waals surface area (Å²) in [5.74, 6) is 0.385. The van der Waals surface area contributed by atoms with Crippen LogP contribution in [0.2, 0.25) is 0 Å². The lowest BCUT2D eigenvalue weighted by Gasteiger charge is -2.14. The van der Waals surface area contributed by atoms with Gasteiger partial charge in [0.15, 0.2) is 0 Å². The maximum absolute atomic E-state index is 12.1. The van der Waals surface area contributed by atoms with Crippen molar-refractivity contribution in [3.8, 4) is 0 Å². The molecule has 1 amide bonds. The van der Waals surface area contributed by atoms with Crippen LogP contribution in [0.4, 0.5) is 0 Å². The van der Waals surface area contributed by atoms with E-state index >= 15 is 0 Å². The minimum Gasteiger partial charge on any atom is -0.350 e. The summed E-state index contributed by atoms with van der Waals surface area (Å²) in [6.45, 7) is 8.11. The Morgan fingerprint density at radius 3 is 2.71 bits per heavy atom. The van der Waals surface area contributed by atoms with Gasteiger partial charge in [0.2, 0.25) is 5.91 Å². The molecule has 0 spiro atoms. The number of carbonyl (C=O) groups excluding carboxylic acids is 1. The number of nitrogens with zero attached hydrogens (tertiary/aromatic N) is 5. The predicted octanol–water partition coefficient (Wildman–Crippen LogP) is 1.08. The van der Waals surface area contributed by atoms with E-state index in [2.05, 4.69) is 38.8 Å². The number of amides is 1. The quantitative estimate of drug-likeness (QED) is 0.828. The number of rotatable bonds is 7. The van der Waals surface area contributed by atoms with Crippen molar-refractivity contribution in [1.29, 1.82) is 0 Å². The Kier molecular flexibility index (Phi) is 5.08. The predicted molar refractivity (Wildman–Crippen MR) is 78.1 cm³/mol. The lowest BCUT2D eigenvalue weighted by molar-refractivity contribution is -0.125. The molecule has 0 saturated heterocycles. The molecule has 2 rings (SSSR count). The van der Waals surface area contributed by atoms with Crippen LogP contribution in [-0.4, -0.2) is 30.2 Å². The third-order valence-electron chi connectivity index (χ3n) is 3.18. The lowest BCUT2D eigenvalue weighted by atomic mass is 10.1. The van der Waals surface area contributed by atoms with E-state index in [0.29, 0.717) is 19.0 Å². The minimum absolute atomic E-state index is 0.00259. The molecule has 0 fully saturated rings. The molecule has 114 valence electrons. The van der Waals surface area contributed by atoms with Crippen LogP contribution in [0, 0.1) is 11.8 Å². The third-order valence-corrected chi connectivity index (χ3v) is 3.18. The zero-order chi connectivity index (χ0) is 15.2. The van der Waals surface area contributed by atoms with E-state index in [1.807, 2.05) is 6.92 Å². The fourth-order valence-electron chi connectivity index (χ4n) is 2.10. The van der Waals surface area contributed by atoms with E-state index in [4.69, 9.17) is 0 Å². The Hall–Kier alpha value is -2.18. The van der Waals surface area contributed by atoms with Crippen LogP contribution in [0.25, 0.3) is 0 Å². The number of carbonyl (C=O) groups is 1. The van der Waals surface area contributed by atoms with E-state index in [-0.39, 0.29) is 11.8 Å². The molecular weight excluding hydrogens is 268 g/mol. The average Bonchev–Trinajstić information content (AvgIpc) is 3.07. The molecule has 7 nitrogen and oxygen atoms in total. The summed E-state index contributed by atoms with van der Waals surface area (Å²) in [6, 6.07) is 0. The first-order chi connectivity index (χ1) is 10.1. The number of nitrogens with one attached hydrogen (secondary N) is 1. The SMILES string of the molecule is CC(C)Cn1cncc1CNC(=O)C(C)Cn1cncn1. The first-order valence-corrected chi connectivity index (χ1v) is 7.15. The van der Waals surface area contributed by atoms with Gasteiger partial charge >= 0.3 is 0 Å². The maximum atomic E-state index is 12.1. The maximum Gasteiger partial charge on any atom is 0.225 e. The molecule has 0 radical (unpaired) electrons. The fourth-order valence-corrected chi connectivity index (χ4v) is 2.10. The van der Waals surface area contributed by atoms with Crippen LogP contribution in [0.15, 0.2) is 25.2 Å². The van der Waals surface area contributed by atoms with Crippen molar-refractivity contribution in [3.05, 3.63) is 30.9 Å². The first-order valence-electron chi connectivity index (χ1n) is 7.15. The van der Waals surface area contributed by atoms with Gasteiger partial charge in [0, 0.05) is 12.7 Å². The summed E-state index contributed by atoms with van der Waals surface area (Å²) >= 11 is 0. The topological polar surface area (TPSA) is 77.6 Å². The molecule has 2 aromatic heterocycles. The number of aromatic nitrogens is 5. The highest BCUT2D eigenvalue weighted by molar-refractivity contribution is 5.78. The van der Waals surface area contributed by atoms with Crippen molar-refractivity contribution in [1.82, 2.24) is 29.6 Å². The van der Waals surface area contributed by atoms with Gasteiger partial charge in [-0.25, -0.2) is 9.97 Å². The Morgan fingerprint density at radius 1 is 1.24 bits per heavy atom. The normalized spacial score (nSPS) is 12.6. The molecule has 0 aromatic carbocycles. The van der Waals surface area contributed by atoms with Crippen molar-refractivity contribution >= 4 is 5.91 Å². The second kappa shape index (κ2) is 7.01. The van der Waals surface area contributed by atoms with Crippen LogP contribution in [0.3, 0.4) is 0 Å². The van der Waals surface area contributed by atoms with Crippen molar-refractivity contribution in [2.24, 2.45) is 11.8 Å². The molecule has 0 aliphatic carbocycles. The highest BCUT2D eigenvalue weighted by Crippen LogP contribution is 2.05.